The summed E-state index contributed by atoms with van der Waals surface area (Å²) in [5, 5.41) is 7.52. The van der Waals surface area contributed by atoms with Gasteiger partial charge in [-0.25, -0.2) is 9.48 Å². The van der Waals surface area contributed by atoms with Gasteiger partial charge >= 0.3 is 6.03 Å². The van der Waals surface area contributed by atoms with Crippen LogP contribution in [-0.2, 0) is 0 Å². The average molecular weight is 339 g/mol. The minimum Gasteiger partial charge on any atom is -0.351 e. The Hall–Kier alpha value is -2.63. The molecule has 0 radical (unpaired) electrons. The first kappa shape index (κ1) is 17.2. The Kier molecular flexibility index (Phi) is 5.16. The molecule has 6 nitrogen and oxygen atoms in total. The summed E-state index contributed by atoms with van der Waals surface area (Å²) in [6.07, 6.45) is 16.3. The van der Waals surface area contributed by atoms with Gasteiger partial charge in [0.2, 0.25) is 0 Å². The van der Waals surface area contributed by atoms with Crippen LogP contribution in [0.5, 0.6) is 0 Å². The molecular formula is C19H25N5O. The molecule has 25 heavy (non-hydrogen) atoms. The van der Waals surface area contributed by atoms with Crippen molar-refractivity contribution in [1.82, 2.24) is 9.78 Å². The summed E-state index contributed by atoms with van der Waals surface area (Å²) in [5.74, 6) is 0.650. The zero-order chi connectivity index (χ0) is 17.8. The van der Waals surface area contributed by atoms with E-state index >= 15 is 0 Å². The molecule has 0 aromatic carbocycles. The van der Waals surface area contributed by atoms with Gasteiger partial charge in [-0.15, -0.1) is 0 Å². The fraction of sp³-hybridized carbons (Fsp3) is 0.421. The molecule has 1 aromatic heterocycles. The molecule has 1 aliphatic heterocycles. The Labute approximate surface area is 148 Å². The van der Waals surface area contributed by atoms with E-state index in [2.05, 4.69) is 35.5 Å². The third kappa shape index (κ3) is 3.73. The number of carbonyl (C=O) groups is 1. The van der Waals surface area contributed by atoms with Crippen LogP contribution in [0.3, 0.4) is 0 Å². The van der Waals surface area contributed by atoms with E-state index in [1.54, 1.807) is 0 Å². The van der Waals surface area contributed by atoms with Crippen molar-refractivity contribution in [3.8, 4) is 0 Å². The number of aliphatic imine (C=N–C) groups is 1. The van der Waals surface area contributed by atoms with E-state index in [4.69, 9.17) is 10.8 Å². The van der Waals surface area contributed by atoms with Gasteiger partial charge in [0.1, 0.15) is 5.82 Å². The molecule has 0 saturated carbocycles. The van der Waals surface area contributed by atoms with Gasteiger partial charge in [0.05, 0.1) is 17.8 Å². The molecule has 6 heteroatoms. The maximum atomic E-state index is 11.5. The number of primary amides is 1. The molecular weight excluding hydrogens is 314 g/mol. The topological polar surface area (TPSA) is 85.3 Å². The van der Waals surface area contributed by atoms with Gasteiger partial charge in [-0.1, -0.05) is 43.7 Å². The summed E-state index contributed by atoms with van der Waals surface area (Å²) in [7, 11) is 0. The number of nitrogens with one attached hydrogen (secondary N) is 1. The SMILES string of the molecule is CCCC1CC=C(c2nn(C3C=CC=CC3)c(NC(N)=O)c2C)C=N1. The molecule has 1 aliphatic carbocycles. The molecule has 2 atom stereocenters. The van der Waals surface area contributed by atoms with Crippen LogP contribution >= 0.6 is 0 Å². The molecule has 2 amide bonds. The van der Waals surface area contributed by atoms with Crippen LogP contribution < -0.4 is 11.1 Å². The van der Waals surface area contributed by atoms with Crippen LogP contribution in [0.15, 0.2) is 35.4 Å². The third-order valence-corrected chi connectivity index (χ3v) is 4.59. The number of carbonyl (C=O) groups excluding carboxylic acids is 1. The number of urea groups is 1. The lowest BCUT2D eigenvalue weighted by atomic mass is 10.0. The molecule has 0 bridgehead atoms. The number of allylic oxidation sites excluding steroid dienone is 5. The van der Waals surface area contributed by atoms with E-state index in [0.29, 0.717) is 11.9 Å². The van der Waals surface area contributed by atoms with Crippen molar-refractivity contribution in [2.45, 2.75) is 51.6 Å². The van der Waals surface area contributed by atoms with Crippen molar-refractivity contribution in [3.63, 3.8) is 0 Å². The number of rotatable bonds is 5. The Balaban J connectivity index is 1.94. The van der Waals surface area contributed by atoms with Crippen molar-refractivity contribution in [3.05, 3.63) is 41.6 Å². The van der Waals surface area contributed by atoms with E-state index in [1.807, 2.05) is 30.0 Å². The molecule has 1 aromatic rings. The van der Waals surface area contributed by atoms with Crippen molar-refractivity contribution in [2.75, 3.05) is 5.32 Å². The summed E-state index contributed by atoms with van der Waals surface area (Å²) in [5.41, 5.74) is 8.14. The second kappa shape index (κ2) is 7.51. The van der Waals surface area contributed by atoms with E-state index in [0.717, 1.165) is 42.5 Å². The lowest BCUT2D eigenvalue weighted by Gasteiger charge is -2.17. The van der Waals surface area contributed by atoms with Crippen LogP contribution in [-0.4, -0.2) is 28.1 Å². The van der Waals surface area contributed by atoms with Gasteiger partial charge in [0.15, 0.2) is 0 Å². The largest absolute Gasteiger partial charge is 0.351 e. The zero-order valence-corrected chi connectivity index (χ0v) is 14.8. The molecule has 0 spiro atoms. The summed E-state index contributed by atoms with van der Waals surface area (Å²) in [6.45, 7) is 4.13. The molecule has 3 N–H and O–H groups in total. The molecule has 3 rings (SSSR count). The highest BCUT2D eigenvalue weighted by Gasteiger charge is 2.23. The van der Waals surface area contributed by atoms with Gasteiger partial charge < -0.3 is 5.73 Å². The van der Waals surface area contributed by atoms with Gasteiger partial charge in [-0.3, -0.25) is 10.3 Å². The van der Waals surface area contributed by atoms with Crippen LogP contribution in [0.1, 0.15) is 49.9 Å². The number of anilines is 1. The lowest BCUT2D eigenvalue weighted by molar-refractivity contribution is 0.259. The number of dihydropyridines is 1. The Morgan fingerprint density at radius 3 is 2.84 bits per heavy atom. The predicted molar refractivity (Wildman–Crippen MR) is 102 cm³/mol. The van der Waals surface area contributed by atoms with E-state index in [1.165, 1.54) is 0 Å². The normalized spacial score (nSPS) is 22.1. The minimum absolute atomic E-state index is 0.0632. The first-order valence-corrected chi connectivity index (χ1v) is 8.82. The molecule has 132 valence electrons. The maximum Gasteiger partial charge on any atom is 0.317 e. The lowest BCUT2D eigenvalue weighted by Crippen LogP contribution is -2.23. The fourth-order valence-electron chi connectivity index (χ4n) is 3.29. The highest BCUT2D eigenvalue weighted by molar-refractivity contribution is 6.10. The Morgan fingerprint density at radius 1 is 1.40 bits per heavy atom. The molecule has 2 aliphatic rings. The zero-order valence-electron chi connectivity index (χ0n) is 14.8. The minimum atomic E-state index is -0.583. The van der Waals surface area contributed by atoms with Gasteiger partial charge in [-0.2, -0.15) is 5.10 Å². The summed E-state index contributed by atoms with van der Waals surface area (Å²) < 4.78 is 1.85. The quantitative estimate of drug-likeness (QED) is 0.855. The van der Waals surface area contributed by atoms with Gasteiger partial charge in [0, 0.05) is 17.4 Å². The highest BCUT2D eigenvalue weighted by Crippen LogP contribution is 2.31. The Morgan fingerprint density at radius 2 is 2.24 bits per heavy atom. The standard InChI is InChI=1S/C19H25N5O/c1-3-7-15-11-10-14(12-21-15)17-13(2)18(22-19(20)25)24(23-17)16-8-5-4-6-9-16/h4-6,8,10,12,15-16H,3,7,9,11H2,1-2H3,(H3,20,22,25). The number of amides is 2. The maximum absolute atomic E-state index is 11.5. The number of hydrogen-bond donors (Lipinski definition) is 2. The number of nitrogens with zero attached hydrogens (tertiary/aromatic N) is 3. The van der Waals surface area contributed by atoms with Gasteiger partial charge in [-0.05, 0) is 26.2 Å². The second-order valence-electron chi connectivity index (χ2n) is 6.49. The highest BCUT2D eigenvalue weighted by atomic mass is 16.2. The van der Waals surface area contributed by atoms with E-state index in [9.17, 15) is 4.79 Å². The third-order valence-electron chi connectivity index (χ3n) is 4.59. The average Bonchev–Trinajstić information content (AvgIpc) is 2.93. The van der Waals surface area contributed by atoms with Crippen LogP contribution in [0.4, 0.5) is 10.6 Å². The van der Waals surface area contributed by atoms with E-state index < -0.39 is 6.03 Å². The van der Waals surface area contributed by atoms with Crippen LogP contribution in [0.25, 0.3) is 5.57 Å². The summed E-state index contributed by atoms with van der Waals surface area (Å²) in [4.78, 5) is 16.1. The van der Waals surface area contributed by atoms with E-state index in [-0.39, 0.29) is 6.04 Å². The van der Waals surface area contributed by atoms with Crippen molar-refractivity contribution in [2.24, 2.45) is 10.7 Å². The monoisotopic (exact) mass is 339 g/mol. The number of nitrogens with two attached hydrogens (primary N) is 1. The molecule has 2 heterocycles. The Bertz CT molecular complexity index is 769. The van der Waals surface area contributed by atoms with Crippen molar-refractivity contribution in [1.29, 1.82) is 0 Å². The van der Waals surface area contributed by atoms with Gasteiger partial charge in [0.25, 0.3) is 0 Å². The van der Waals surface area contributed by atoms with Crippen molar-refractivity contribution < 1.29 is 4.79 Å². The molecule has 0 fully saturated rings. The predicted octanol–water partition coefficient (Wildman–Crippen LogP) is 3.77. The first-order valence-electron chi connectivity index (χ1n) is 8.82. The van der Waals surface area contributed by atoms with Crippen LogP contribution in [0, 0.1) is 6.92 Å². The molecule has 2 unspecified atom stereocenters. The van der Waals surface area contributed by atoms with Crippen LogP contribution in [0.2, 0.25) is 0 Å². The fourth-order valence-corrected chi connectivity index (χ4v) is 3.29. The summed E-state index contributed by atoms with van der Waals surface area (Å²) in [6, 6.07) is -0.153. The smallest absolute Gasteiger partial charge is 0.317 e. The first-order chi connectivity index (χ1) is 12.1. The number of aromatic nitrogens is 2. The number of hydrogen-bond acceptors (Lipinski definition) is 3. The second-order valence-corrected chi connectivity index (χ2v) is 6.49. The van der Waals surface area contributed by atoms with Crippen molar-refractivity contribution >= 4 is 23.6 Å². The molecule has 0 saturated heterocycles. The summed E-state index contributed by atoms with van der Waals surface area (Å²) >= 11 is 0.